The predicted octanol–water partition coefficient (Wildman–Crippen LogP) is 3.54. The standard InChI is InChI=1S/C21H19FN4O3/c1-3-21(14-8-10-15(22)11-9-14)19(27)26(20(28)24-21)12-17-23-18(25-29-17)16-7-5-4-6-13(16)2/h4-11H,3,12H2,1-2H3,(H,24,28). The van der Waals surface area contributed by atoms with Gasteiger partial charge in [0.05, 0.1) is 0 Å². The molecular formula is C21H19FN4O3. The van der Waals surface area contributed by atoms with Crippen LogP contribution in [0.3, 0.4) is 0 Å². The molecule has 29 heavy (non-hydrogen) atoms. The Balaban J connectivity index is 1.60. The highest BCUT2D eigenvalue weighted by Crippen LogP contribution is 2.33. The zero-order valence-electron chi connectivity index (χ0n) is 16.0. The molecule has 2 heterocycles. The summed E-state index contributed by atoms with van der Waals surface area (Å²) < 4.78 is 18.6. The number of halogens is 1. The van der Waals surface area contributed by atoms with E-state index >= 15 is 0 Å². The molecule has 8 heteroatoms. The lowest BCUT2D eigenvalue weighted by Gasteiger charge is -2.25. The van der Waals surface area contributed by atoms with Gasteiger partial charge in [0.1, 0.15) is 17.9 Å². The first-order valence-electron chi connectivity index (χ1n) is 9.23. The van der Waals surface area contributed by atoms with Crippen LogP contribution < -0.4 is 5.32 Å². The van der Waals surface area contributed by atoms with Crippen molar-refractivity contribution in [3.8, 4) is 11.4 Å². The number of hydrogen-bond acceptors (Lipinski definition) is 5. The van der Waals surface area contributed by atoms with E-state index in [1.807, 2.05) is 31.2 Å². The number of aromatic nitrogens is 2. The molecule has 1 saturated heterocycles. The molecule has 3 aromatic rings. The number of carbonyl (C=O) groups excluding carboxylic acids is 2. The number of benzene rings is 2. The van der Waals surface area contributed by atoms with Gasteiger partial charge in [-0.3, -0.25) is 9.69 Å². The van der Waals surface area contributed by atoms with Gasteiger partial charge < -0.3 is 9.84 Å². The van der Waals surface area contributed by atoms with Crippen molar-refractivity contribution in [2.24, 2.45) is 0 Å². The normalized spacial score (nSPS) is 18.9. The summed E-state index contributed by atoms with van der Waals surface area (Å²) >= 11 is 0. The summed E-state index contributed by atoms with van der Waals surface area (Å²) in [5.74, 6) is -0.307. The molecule has 0 bridgehead atoms. The van der Waals surface area contributed by atoms with Crippen LogP contribution in [-0.4, -0.2) is 27.0 Å². The molecule has 7 nitrogen and oxygen atoms in total. The lowest BCUT2D eigenvalue weighted by atomic mass is 9.87. The second-order valence-corrected chi connectivity index (χ2v) is 6.91. The van der Waals surface area contributed by atoms with E-state index in [2.05, 4.69) is 15.5 Å². The minimum absolute atomic E-state index is 0.146. The smallest absolute Gasteiger partial charge is 0.325 e. The molecule has 1 aliphatic heterocycles. The second kappa shape index (κ2) is 7.12. The number of amides is 3. The topological polar surface area (TPSA) is 88.3 Å². The molecule has 1 atom stereocenters. The zero-order valence-corrected chi connectivity index (χ0v) is 16.0. The average molecular weight is 394 g/mol. The quantitative estimate of drug-likeness (QED) is 0.669. The third-order valence-electron chi connectivity index (χ3n) is 5.19. The van der Waals surface area contributed by atoms with Crippen LogP contribution in [0.5, 0.6) is 0 Å². The van der Waals surface area contributed by atoms with E-state index in [1.54, 1.807) is 6.92 Å². The van der Waals surface area contributed by atoms with Gasteiger partial charge in [0.25, 0.3) is 5.91 Å². The van der Waals surface area contributed by atoms with Crippen molar-refractivity contribution < 1.29 is 18.5 Å². The molecule has 2 aromatic carbocycles. The Bertz CT molecular complexity index is 1080. The third-order valence-corrected chi connectivity index (χ3v) is 5.19. The lowest BCUT2D eigenvalue weighted by Crippen LogP contribution is -2.43. The van der Waals surface area contributed by atoms with E-state index in [-0.39, 0.29) is 12.4 Å². The lowest BCUT2D eigenvalue weighted by molar-refractivity contribution is -0.132. The number of rotatable bonds is 5. The molecule has 4 rings (SSSR count). The number of nitrogens with zero attached hydrogens (tertiary/aromatic N) is 3. The molecule has 1 aliphatic rings. The van der Waals surface area contributed by atoms with E-state index < -0.39 is 23.3 Å². The van der Waals surface area contributed by atoms with Gasteiger partial charge in [0, 0.05) is 5.56 Å². The van der Waals surface area contributed by atoms with Crippen LogP contribution in [-0.2, 0) is 16.9 Å². The van der Waals surface area contributed by atoms with Gasteiger partial charge in [0.15, 0.2) is 0 Å². The van der Waals surface area contributed by atoms with E-state index in [0.29, 0.717) is 17.8 Å². The van der Waals surface area contributed by atoms with Crippen molar-refractivity contribution in [1.29, 1.82) is 0 Å². The number of imide groups is 1. The molecule has 0 saturated carbocycles. The van der Waals surface area contributed by atoms with Crippen molar-refractivity contribution >= 4 is 11.9 Å². The first-order chi connectivity index (χ1) is 13.9. The molecular weight excluding hydrogens is 375 g/mol. The van der Waals surface area contributed by atoms with Crippen LogP contribution in [0.25, 0.3) is 11.4 Å². The Morgan fingerprint density at radius 3 is 2.55 bits per heavy atom. The summed E-state index contributed by atoms with van der Waals surface area (Å²) in [6, 6.07) is 12.6. The number of urea groups is 1. The molecule has 148 valence electrons. The van der Waals surface area contributed by atoms with Gasteiger partial charge >= 0.3 is 6.03 Å². The Morgan fingerprint density at radius 2 is 1.86 bits per heavy atom. The van der Waals surface area contributed by atoms with Crippen LogP contribution in [0, 0.1) is 12.7 Å². The van der Waals surface area contributed by atoms with Crippen molar-refractivity contribution in [2.45, 2.75) is 32.4 Å². The van der Waals surface area contributed by atoms with Crippen LogP contribution in [0.2, 0.25) is 0 Å². The highest BCUT2D eigenvalue weighted by molar-refractivity contribution is 6.07. The van der Waals surface area contributed by atoms with E-state index in [1.165, 1.54) is 24.3 Å². The number of nitrogens with one attached hydrogen (secondary N) is 1. The maximum absolute atomic E-state index is 13.3. The van der Waals surface area contributed by atoms with Crippen molar-refractivity contribution in [3.05, 3.63) is 71.4 Å². The van der Waals surface area contributed by atoms with Crippen LogP contribution in [0.1, 0.15) is 30.4 Å². The van der Waals surface area contributed by atoms with Crippen LogP contribution in [0.4, 0.5) is 9.18 Å². The molecule has 1 N–H and O–H groups in total. The van der Waals surface area contributed by atoms with Crippen LogP contribution >= 0.6 is 0 Å². The first-order valence-corrected chi connectivity index (χ1v) is 9.23. The van der Waals surface area contributed by atoms with Gasteiger partial charge in [-0.2, -0.15) is 4.98 Å². The summed E-state index contributed by atoms with van der Waals surface area (Å²) in [4.78, 5) is 31.1. The highest BCUT2D eigenvalue weighted by atomic mass is 19.1. The summed E-state index contributed by atoms with van der Waals surface area (Å²) in [7, 11) is 0. The molecule has 1 fully saturated rings. The van der Waals surface area contributed by atoms with Gasteiger partial charge in [-0.1, -0.05) is 48.5 Å². The maximum Gasteiger partial charge on any atom is 0.325 e. The summed E-state index contributed by atoms with van der Waals surface area (Å²) in [5, 5.41) is 6.71. The molecule has 0 aliphatic carbocycles. The Morgan fingerprint density at radius 1 is 1.14 bits per heavy atom. The van der Waals surface area contributed by atoms with Gasteiger partial charge in [-0.15, -0.1) is 0 Å². The molecule has 3 amide bonds. The van der Waals surface area contributed by atoms with Crippen molar-refractivity contribution in [2.75, 3.05) is 0 Å². The Hall–Kier alpha value is -3.55. The van der Waals surface area contributed by atoms with E-state index in [4.69, 9.17) is 4.52 Å². The fourth-order valence-electron chi connectivity index (χ4n) is 3.53. The van der Waals surface area contributed by atoms with E-state index in [9.17, 15) is 14.0 Å². The first kappa shape index (κ1) is 18.8. The largest absolute Gasteiger partial charge is 0.337 e. The van der Waals surface area contributed by atoms with Crippen molar-refractivity contribution in [3.63, 3.8) is 0 Å². The molecule has 1 aromatic heterocycles. The fraction of sp³-hybridized carbons (Fsp3) is 0.238. The molecule has 0 radical (unpaired) electrons. The summed E-state index contributed by atoms with van der Waals surface area (Å²) in [6.07, 6.45) is 0.317. The number of carbonyl (C=O) groups is 2. The second-order valence-electron chi connectivity index (χ2n) is 6.91. The van der Waals surface area contributed by atoms with E-state index in [0.717, 1.165) is 16.0 Å². The molecule has 0 spiro atoms. The number of hydrogen-bond donors (Lipinski definition) is 1. The summed E-state index contributed by atoms with van der Waals surface area (Å²) in [6.45, 7) is 3.57. The minimum atomic E-state index is -1.25. The van der Waals surface area contributed by atoms with Crippen molar-refractivity contribution in [1.82, 2.24) is 20.4 Å². The van der Waals surface area contributed by atoms with Crippen LogP contribution in [0.15, 0.2) is 53.1 Å². The minimum Gasteiger partial charge on any atom is -0.337 e. The molecule has 1 unspecified atom stereocenters. The Labute approximate surface area is 166 Å². The average Bonchev–Trinajstić information content (AvgIpc) is 3.28. The van der Waals surface area contributed by atoms with Gasteiger partial charge in [-0.25, -0.2) is 9.18 Å². The van der Waals surface area contributed by atoms with Gasteiger partial charge in [0.2, 0.25) is 11.7 Å². The van der Waals surface area contributed by atoms with Gasteiger partial charge in [-0.05, 0) is 36.6 Å². The monoisotopic (exact) mass is 394 g/mol. The zero-order chi connectivity index (χ0) is 20.6. The summed E-state index contributed by atoms with van der Waals surface area (Å²) in [5.41, 5.74) is 1.07. The predicted molar refractivity (Wildman–Crippen MR) is 102 cm³/mol. The SMILES string of the molecule is CCC1(c2ccc(F)cc2)NC(=O)N(Cc2nc(-c3ccccc3C)no2)C1=O. The highest BCUT2D eigenvalue weighted by Gasteiger charge is 2.51. The third kappa shape index (κ3) is 3.16. The fourth-order valence-corrected chi connectivity index (χ4v) is 3.53. The number of aryl methyl sites for hydroxylation is 1. The maximum atomic E-state index is 13.3. The Kier molecular flexibility index (Phi) is 4.62.